The summed E-state index contributed by atoms with van der Waals surface area (Å²) >= 11 is 0.996. The van der Waals surface area contributed by atoms with Gasteiger partial charge < -0.3 is 9.80 Å². The average molecular weight is 524 g/mol. The number of rotatable bonds is 7. The normalized spacial score (nSPS) is 18.5. The lowest BCUT2D eigenvalue weighted by atomic mass is 9.76. The van der Waals surface area contributed by atoms with Crippen molar-refractivity contribution in [2.45, 2.75) is 17.3 Å². The van der Waals surface area contributed by atoms with E-state index in [0.717, 1.165) is 17.3 Å². The molecule has 5 rings (SSSR count). The minimum atomic E-state index is -1.25. The van der Waals surface area contributed by atoms with Gasteiger partial charge in [0.15, 0.2) is 4.75 Å². The second-order valence-corrected chi connectivity index (χ2v) is 10.3. The summed E-state index contributed by atoms with van der Waals surface area (Å²) in [6, 6.07) is 33.8. The van der Waals surface area contributed by atoms with E-state index in [2.05, 4.69) is 0 Å². The summed E-state index contributed by atoms with van der Waals surface area (Å²) in [5.41, 5.74) is 3.04. The first-order chi connectivity index (χ1) is 18.4. The highest BCUT2D eigenvalue weighted by molar-refractivity contribution is 8.15. The zero-order chi connectivity index (χ0) is 26.7. The van der Waals surface area contributed by atoms with E-state index < -0.39 is 15.7 Å². The van der Waals surface area contributed by atoms with Gasteiger partial charge in [0, 0.05) is 31.4 Å². The molecule has 0 saturated carbocycles. The quantitative estimate of drug-likeness (QED) is 0.156. The third-order valence-corrected chi connectivity index (χ3v) is 8.10. The number of nitrogens with zero attached hydrogens (tertiary/aromatic N) is 3. The van der Waals surface area contributed by atoms with E-state index >= 15 is 0 Å². The molecule has 0 bridgehead atoms. The maximum absolute atomic E-state index is 14.2. The van der Waals surface area contributed by atoms with Gasteiger partial charge in [-0.2, -0.15) is 0 Å². The Morgan fingerprint density at radius 1 is 0.895 bits per heavy atom. The molecule has 190 valence electrons. The van der Waals surface area contributed by atoms with Crippen LogP contribution in [0.15, 0.2) is 115 Å². The van der Waals surface area contributed by atoms with Crippen molar-refractivity contribution in [2.24, 2.45) is 0 Å². The molecule has 4 aromatic carbocycles. The minimum absolute atomic E-state index is 0.0395. The second-order valence-electron chi connectivity index (χ2n) is 9.07. The van der Waals surface area contributed by atoms with Crippen molar-refractivity contribution < 1.29 is 14.5 Å². The van der Waals surface area contributed by atoms with E-state index in [0.29, 0.717) is 23.4 Å². The summed E-state index contributed by atoms with van der Waals surface area (Å²) in [5.74, 6) is -0.218. The number of non-ortho nitro benzene ring substituents is 1. The largest absolute Gasteiger partial charge is 0.332 e. The van der Waals surface area contributed by atoms with Crippen LogP contribution >= 0.6 is 11.8 Å². The summed E-state index contributed by atoms with van der Waals surface area (Å²) in [7, 11) is 1.72. The van der Waals surface area contributed by atoms with E-state index in [-0.39, 0.29) is 16.8 Å². The Morgan fingerprint density at radius 2 is 1.45 bits per heavy atom. The number of carbonyl (C=O) groups is 2. The van der Waals surface area contributed by atoms with Crippen LogP contribution in [0.3, 0.4) is 0 Å². The number of amides is 2. The van der Waals surface area contributed by atoms with Gasteiger partial charge in [-0.3, -0.25) is 19.7 Å². The third-order valence-electron chi connectivity index (χ3n) is 6.66. The van der Waals surface area contributed by atoms with Gasteiger partial charge in [0.25, 0.3) is 16.8 Å². The lowest BCUT2D eigenvalue weighted by molar-refractivity contribution is -0.384. The fourth-order valence-electron chi connectivity index (χ4n) is 4.81. The molecule has 4 aromatic rings. The van der Waals surface area contributed by atoms with Gasteiger partial charge in [-0.05, 0) is 40.6 Å². The molecule has 1 aliphatic heterocycles. The number of hydrogen-bond donors (Lipinski definition) is 0. The fourth-order valence-corrected chi connectivity index (χ4v) is 6.10. The van der Waals surface area contributed by atoms with Gasteiger partial charge in [0.1, 0.15) is 0 Å². The lowest BCUT2D eigenvalue weighted by Crippen LogP contribution is -2.65. The summed E-state index contributed by atoms with van der Waals surface area (Å²) in [6.07, 6.45) is 0. The smallest absolute Gasteiger partial charge is 0.283 e. The van der Waals surface area contributed by atoms with Crippen molar-refractivity contribution in [3.8, 4) is 0 Å². The predicted octanol–water partition coefficient (Wildman–Crippen LogP) is 6.56. The number of nitro groups is 1. The molecule has 0 aliphatic carbocycles. The fraction of sp³-hybridized carbons (Fsp3) is 0.133. The van der Waals surface area contributed by atoms with Gasteiger partial charge >= 0.3 is 0 Å². The molecule has 1 heterocycles. The summed E-state index contributed by atoms with van der Waals surface area (Å²) in [5, 5.41) is 11.1. The van der Waals surface area contributed by atoms with E-state index in [1.54, 1.807) is 29.0 Å². The van der Waals surface area contributed by atoms with Gasteiger partial charge in [-0.25, -0.2) is 0 Å². The Labute approximate surface area is 224 Å². The van der Waals surface area contributed by atoms with Crippen LogP contribution in [0.25, 0.3) is 0 Å². The van der Waals surface area contributed by atoms with Crippen molar-refractivity contribution >= 4 is 34.3 Å². The number of β-lactam (4-membered cyclic amide) rings is 1. The van der Waals surface area contributed by atoms with Crippen molar-refractivity contribution in [1.29, 1.82) is 0 Å². The molecule has 7 nitrogen and oxygen atoms in total. The van der Waals surface area contributed by atoms with Crippen LogP contribution in [0.2, 0.25) is 0 Å². The molecule has 1 fully saturated rings. The highest BCUT2D eigenvalue weighted by Gasteiger charge is 2.64. The number of anilines is 1. The molecule has 0 aromatic heterocycles. The summed E-state index contributed by atoms with van der Waals surface area (Å²) in [6.45, 7) is 0.399. The Morgan fingerprint density at radius 3 is 2.03 bits per heavy atom. The number of nitro benzene ring substituents is 1. The summed E-state index contributed by atoms with van der Waals surface area (Å²) < 4.78 is -1.25. The molecule has 1 aliphatic rings. The van der Waals surface area contributed by atoms with Crippen molar-refractivity contribution in [2.75, 3.05) is 11.9 Å². The molecular formula is C30H25N3O4S. The van der Waals surface area contributed by atoms with E-state index in [9.17, 15) is 19.7 Å². The van der Waals surface area contributed by atoms with E-state index in [1.165, 1.54) is 12.1 Å². The molecule has 0 N–H and O–H groups in total. The van der Waals surface area contributed by atoms with Crippen molar-refractivity contribution in [3.05, 3.63) is 142 Å². The zero-order valence-electron chi connectivity index (χ0n) is 20.6. The highest BCUT2D eigenvalue weighted by Crippen LogP contribution is 2.60. The van der Waals surface area contributed by atoms with Crippen molar-refractivity contribution in [1.82, 2.24) is 4.90 Å². The van der Waals surface area contributed by atoms with Crippen LogP contribution in [-0.2, 0) is 16.1 Å². The Hall–Kier alpha value is -4.43. The van der Waals surface area contributed by atoms with Crippen LogP contribution in [0, 0.1) is 10.1 Å². The predicted molar refractivity (Wildman–Crippen MR) is 149 cm³/mol. The molecule has 0 unspecified atom stereocenters. The van der Waals surface area contributed by atoms with Gasteiger partial charge in [-0.1, -0.05) is 91.0 Å². The maximum atomic E-state index is 14.2. The number of hydrogen-bond acceptors (Lipinski definition) is 5. The van der Waals surface area contributed by atoms with Gasteiger partial charge in [0.05, 0.1) is 11.0 Å². The third kappa shape index (κ3) is 4.54. The molecular weight excluding hydrogens is 498 g/mol. The maximum Gasteiger partial charge on any atom is 0.283 e. The Bertz CT molecular complexity index is 1450. The molecule has 0 spiro atoms. The molecule has 2 atom stereocenters. The first-order valence-electron chi connectivity index (χ1n) is 12.1. The second kappa shape index (κ2) is 10.5. The minimum Gasteiger partial charge on any atom is -0.332 e. The number of para-hydroxylation sites is 1. The average Bonchev–Trinajstić information content (AvgIpc) is 2.95. The highest BCUT2D eigenvalue weighted by atomic mass is 32.2. The van der Waals surface area contributed by atoms with Crippen LogP contribution in [0.1, 0.15) is 22.7 Å². The number of carbonyl (C=O) groups excluding carboxylic acids is 2. The van der Waals surface area contributed by atoms with Crippen molar-refractivity contribution in [3.63, 3.8) is 0 Å². The van der Waals surface area contributed by atoms with Gasteiger partial charge in [0.2, 0.25) is 0 Å². The Kier molecular flexibility index (Phi) is 6.98. The SMILES string of the molecule is CN(Cc1ccccc1)C(=O)S[C@]1(c2ccccc2)C(=O)N(c2ccccc2)[C@@H]1c1ccc([N+](=O)[O-])cc1. The number of thioether (sulfide) groups is 1. The first kappa shape index (κ1) is 25.2. The van der Waals surface area contributed by atoms with Crippen LogP contribution in [0.4, 0.5) is 16.2 Å². The molecule has 8 heteroatoms. The lowest BCUT2D eigenvalue weighted by Gasteiger charge is -2.55. The van der Waals surface area contributed by atoms with Crippen LogP contribution in [-0.4, -0.2) is 28.0 Å². The molecule has 1 saturated heterocycles. The van der Waals surface area contributed by atoms with Gasteiger partial charge in [-0.15, -0.1) is 0 Å². The molecule has 0 radical (unpaired) electrons. The summed E-state index contributed by atoms with van der Waals surface area (Å²) in [4.78, 5) is 42.0. The van der Waals surface area contributed by atoms with E-state index in [4.69, 9.17) is 0 Å². The monoisotopic (exact) mass is 523 g/mol. The van der Waals surface area contributed by atoms with Crippen LogP contribution < -0.4 is 4.90 Å². The zero-order valence-corrected chi connectivity index (χ0v) is 21.5. The van der Waals surface area contributed by atoms with E-state index in [1.807, 2.05) is 91.0 Å². The standard InChI is InChI=1S/C30H25N3O4S/c1-31(21-22-11-5-2-6-12-22)29(35)38-30(24-13-7-3-8-14-24)27(23-17-19-26(20-18-23)33(36)37)32(28(30)34)25-15-9-4-10-16-25/h2-20,27H,21H2,1H3/t27-,30+/m1/s1. The molecule has 38 heavy (non-hydrogen) atoms. The van der Waals surface area contributed by atoms with Crippen LogP contribution in [0.5, 0.6) is 0 Å². The first-order valence-corrected chi connectivity index (χ1v) is 12.9. The topological polar surface area (TPSA) is 83.8 Å². The molecule has 2 amide bonds. The number of benzene rings is 4. The Balaban J connectivity index is 1.59.